The van der Waals surface area contributed by atoms with Gasteiger partial charge in [0, 0.05) is 24.0 Å². The number of thioether (sulfide) groups is 1. The lowest BCUT2D eigenvalue weighted by molar-refractivity contribution is -0.134. The van der Waals surface area contributed by atoms with Crippen LogP contribution >= 0.6 is 23.4 Å². The minimum Gasteiger partial charge on any atom is -0.493 e. The Morgan fingerprint density at radius 1 is 1.40 bits per heavy atom. The molecule has 2 aromatic carbocycles. The van der Waals surface area contributed by atoms with Gasteiger partial charge < -0.3 is 10.5 Å². The second-order valence-electron chi connectivity index (χ2n) is 7.43. The van der Waals surface area contributed by atoms with E-state index in [0.29, 0.717) is 35.2 Å². The van der Waals surface area contributed by atoms with Crippen LogP contribution in [0.2, 0.25) is 5.02 Å². The molecule has 0 aromatic heterocycles. The third-order valence-electron chi connectivity index (χ3n) is 5.56. The molecule has 30 heavy (non-hydrogen) atoms. The Hall–Kier alpha value is -2.09. The fraction of sp³-hybridized carbons (Fsp3) is 0.364. The van der Waals surface area contributed by atoms with Crippen molar-refractivity contribution in [3.05, 3.63) is 63.9 Å². The van der Waals surface area contributed by atoms with Crippen molar-refractivity contribution < 1.29 is 13.9 Å². The molecule has 2 unspecified atom stereocenters. The zero-order chi connectivity index (χ0) is 21.5. The lowest BCUT2D eigenvalue weighted by Gasteiger charge is -2.45. The Balaban J connectivity index is 1.92. The molecule has 2 atom stereocenters. The number of nitrogens with two attached hydrogens (primary N) is 1. The van der Waals surface area contributed by atoms with Crippen molar-refractivity contribution >= 4 is 34.3 Å². The summed E-state index contributed by atoms with van der Waals surface area (Å²) in [6.45, 7) is 4.42. The minimum absolute atomic E-state index is 0.0930. The number of hydrogen-bond donors (Lipinski definition) is 1. The number of amides is 1. The molecule has 4 rings (SSSR count). The first-order valence-corrected chi connectivity index (χ1v) is 11.1. The van der Waals surface area contributed by atoms with Crippen LogP contribution in [-0.4, -0.2) is 29.1 Å². The Morgan fingerprint density at radius 3 is 2.90 bits per heavy atom. The van der Waals surface area contributed by atoms with Crippen LogP contribution in [-0.2, 0) is 16.1 Å². The summed E-state index contributed by atoms with van der Waals surface area (Å²) in [5, 5.41) is 7.04. The second-order valence-corrected chi connectivity index (χ2v) is 9.05. The maximum atomic E-state index is 14.0. The van der Waals surface area contributed by atoms with E-state index in [1.807, 2.05) is 12.1 Å². The van der Waals surface area contributed by atoms with Crippen LogP contribution in [0.15, 0.2) is 41.5 Å². The van der Waals surface area contributed by atoms with E-state index < -0.39 is 10.7 Å². The molecule has 8 heteroatoms. The molecule has 2 aliphatic heterocycles. The Bertz CT molecular complexity index is 1030. The summed E-state index contributed by atoms with van der Waals surface area (Å²) >= 11 is 7.79. The first-order valence-electron chi connectivity index (χ1n) is 9.90. The highest BCUT2D eigenvalue weighted by Crippen LogP contribution is 2.57. The van der Waals surface area contributed by atoms with Crippen molar-refractivity contribution in [3.63, 3.8) is 0 Å². The zero-order valence-electron chi connectivity index (χ0n) is 16.8. The summed E-state index contributed by atoms with van der Waals surface area (Å²) in [6.07, 6.45) is 1.49. The van der Waals surface area contributed by atoms with Crippen molar-refractivity contribution in [1.82, 2.24) is 5.01 Å². The van der Waals surface area contributed by atoms with Gasteiger partial charge in [0.15, 0.2) is 4.87 Å². The summed E-state index contributed by atoms with van der Waals surface area (Å²) in [7, 11) is 0. The lowest BCUT2D eigenvalue weighted by Crippen LogP contribution is -2.51. The van der Waals surface area contributed by atoms with E-state index in [-0.39, 0.29) is 11.8 Å². The van der Waals surface area contributed by atoms with Gasteiger partial charge in [0.1, 0.15) is 16.6 Å². The summed E-state index contributed by atoms with van der Waals surface area (Å²) in [5.41, 5.74) is 8.41. The first-order chi connectivity index (χ1) is 14.4. The van der Waals surface area contributed by atoms with Crippen molar-refractivity contribution in [2.24, 2.45) is 16.8 Å². The number of ether oxygens (including phenoxy) is 1. The summed E-state index contributed by atoms with van der Waals surface area (Å²) in [4.78, 5) is 12.0. The molecule has 0 saturated carbocycles. The predicted octanol–water partition coefficient (Wildman–Crippen LogP) is 4.51. The number of carbonyl (C=O) groups excluding carboxylic acids is 1. The standard InChI is InChI=1S/C22H23ClFN3O2S/c1-3-14-4-7-20-18(10-14)22(15(8-9-25)12-29-20)27(13(2)28)26-21(30-22)17-11-16(24)5-6-19(17)23/h4-7,10-11,15H,3,8-9,12,25H2,1-2H3. The number of fused-ring (bicyclic) bond motifs is 2. The number of nitrogens with zero attached hydrogens (tertiary/aromatic N) is 2. The fourth-order valence-corrected chi connectivity index (χ4v) is 5.92. The van der Waals surface area contributed by atoms with Crippen molar-refractivity contribution in [2.75, 3.05) is 13.2 Å². The molecular formula is C22H23ClFN3O2S. The van der Waals surface area contributed by atoms with Gasteiger partial charge in [0.2, 0.25) is 5.91 Å². The maximum absolute atomic E-state index is 14.0. The zero-order valence-corrected chi connectivity index (χ0v) is 18.4. The SMILES string of the molecule is CCc1ccc2c(c1)C1(SC(c3cc(F)ccc3Cl)=NN1C(C)=O)C(CCN)CO2. The van der Waals surface area contributed by atoms with Gasteiger partial charge in [-0.3, -0.25) is 4.79 Å². The summed E-state index contributed by atoms with van der Waals surface area (Å²) < 4.78 is 20.0. The van der Waals surface area contributed by atoms with Gasteiger partial charge in [-0.25, -0.2) is 9.40 Å². The topological polar surface area (TPSA) is 67.9 Å². The second kappa shape index (κ2) is 8.21. The molecule has 2 aromatic rings. The summed E-state index contributed by atoms with van der Waals surface area (Å²) in [5.74, 6) is 0.0135. The molecule has 0 bridgehead atoms. The molecular weight excluding hydrogens is 425 g/mol. The molecule has 5 nitrogen and oxygen atoms in total. The Morgan fingerprint density at radius 2 is 2.20 bits per heavy atom. The number of hydrazone groups is 1. The third kappa shape index (κ3) is 3.39. The largest absolute Gasteiger partial charge is 0.493 e. The number of hydrogen-bond acceptors (Lipinski definition) is 5. The van der Waals surface area contributed by atoms with Gasteiger partial charge >= 0.3 is 0 Å². The lowest BCUT2D eigenvalue weighted by atomic mass is 9.85. The average Bonchev–Trinajstić information content (AvgIpc) is 3.13. The molecule has 1 amide bonds. The highest BCUT2D eigenvalue weighted by molar-refractivity contribution is 8.15. The molecule has 2 aliphatic rings. The number of benzene rings is 2. The number of rotatable bonds is 4. The van der Waals surface area contributed by atoms with E-state index in [1.54, 1.807) is 0 Å². The van der Waals surface area contributed by atoms with Gasteiger partial charge in [0.05, 0.1) is 11.6 Å². The normalized spacial score (nSPS) is 22.6. The van der Waals surface area contributed by atoms with Crippen LogP contribution in [0.5, 0.6) is 5.75 Å². The van der Waals surface area contributed by atoms with E-state index in [4.69, 9.17) is 22.1 Å². The first kappa shape index (κ1) is 21.2. The molecule has 0 radical (unpaired) electrons. The minimum atomic E-state index is -0.824. The molecule has 0 aliphatic carbocycles. The van der Waals surface area contributed by atoms with Gasteiger partial charge in [-0.2, -0.15) is 5.10 Å². The van der Waals surface area contributed by atoms with Crippen molar-refractivity contribution in [2.45, 2.75) is 31.6 Å². The van der Waals surface area contributed by atoms with Crippen LogP contribution in [0.3, 0.4) is 0 Å². The monoisotopic (exact) mass is 447 g/mol. The van der Waals surface area contributed by atoms with Crippen LogP contribution in [0.1, 0.15) is 37.0 Å². The van der Waals surface area contributed by atoms with Gasteiger partial charge in [-0.15, -0.1) is 0 Å². The van der Waals surface area contributed by atoms with Gasteiger partial charge in [0.25, 0.3) is 0 Å². The average molecular weight is 448 g/mol. The van der Waals surface area contributed by atoms with Crippen LogP contribution < -0.4 is 10.5 Å². The van der Waals surface area contributed by atoms with Crippen LogP contribution in [0.25, 0.3) is 0 Å². The Labute approximate surface area is 184 Å². The Kier molecular flexibility index (Phi) is 5.79. The van der Waals surface area contributed by atoms with Crippen molar-refractivity contribution in [1.29, 1.82) is 0 Å². The fourth-order valence-electron chi connectivity index (χ4n) is 4.08. The van der Waals surface area contributed by atoms with E-state index in [2.05, 4.69) is 18.1 Å². The van der Waals surface area contributed by atoms with Gasteiger partial charge in [-0.05, 0) is 55.3 Å². The van der Waals surface area contributed by atoms with Crippen molar-refractivity contribution in [3.8, 4) is 5.75 Å². The highest BCUT2D eigenvalue weighted by atomic mass is 35.5. The number of aryl methyl sites for hydroxylation is 1. The smallest absolute Gasteiger partial charge is 0.241 e. The molecule has 2 heterocycles. The molecule has 2 N–H and O–H groups in total. The van der Waals surface area contributed by atoms with Crippen LogP contribution in [0, 0.1) is 11.7 Å². The van der Waals surface area contributed by atoms with E-state index in [0.717, 1.165) is 23.3 Å². The van der Waals surface area contributed by atoms with Crippen LogP contribution in [0.4, 0.5) is 4.39 Å². The highest BCUT2D eigenvalue weighted by Gasteiger charge is 2.56. The quantitative estimate of drug-likeness (QED) is 0.748. The molecule has 158 valence electrons. The summed E-state index contributed by atoms with van der Waals surface area (Å²) in [6, 6.07) is 10.2. The van der Waals surface area contributed by atoms with E-state index >= 15 is 0 Å². The predicted molar refractivity (Wildman–Crippen MR) is 118 cm³/mol. The number of carbonyl (C=O) groups is 1. The molecule has 0 fully saturated rings. The van der Waals surface area contributed by atoms with E-state index in [9.17, 15) is 9.18 Å². The third-order valence-corrected chi connectivity index (χ3v) is 7.42. The molecule has 0 saturated heterocycles. The maximum Gasteiger partial charge on any atom is 0.241 e. The van der Waals surface area contributed by atoms with Gasteiger partial charge in [-0.1, -0.05) is 36.4 Å². The van der Waals surface area contributed by atoms with E-state index in [1.165, 1.54) is 41.9 Å². The molecule has 1 spiro atoms. The number of halogens is 2.